The van der Waals surface area contributed by atoms with Crippen LogP contribution in [-0.4, -0.2) is 69.8 Å². The van der Waals surface area contributed by atoms with Gasteiger partial charge in [-0.15, -0.1) is 0 Å². The normalized spacial score (nSPS) is 19.3. The van der Waals surface area contributed by atoms with E-state index in [9.17, 15) is 4.79 Å². The molecule has 1 unspecified atom stereocenters. The average molecular weight is 747 g/mol. The van der Waals surface area contributed by atoms with Crippen molar-refractivity contribution >= 4 is 32.9 Å². The van der Waals surface area contributed by atoms with Crippen molar-refractivity contribution in [3.63, 3.8) is 0 Å². The fourth-order valence-corrected chi connectivity index (χ4v) is 6.44. The van der Waals surface area contributed by atoms with Gasteiger partial charge in [-0.1, -0.05) is 58.4 Å². The van der Waals surface area contributed by atoms with Crippen LogP contribution in [0.1, 0.15) is 43.0 Å². The van der Waals surface area contributed by atoms with Gasteiger partial charge in [-0.25, -0.2) is 13.9 Å². The van der Waals surface area contributed by atoms with Crippen LogP contribution < -0.4 is 14.2 Å². The molecule has 7 rings (SSSR count). The lowest BCUT2D eigenvalue weighted by Gasteiger charge is -2.33. The highest BCUT2D eigenvalue weighted by Crippen LogP contribution is 2.35. The molecule has 260 valence electrons. The van der Waals surface area contributed by atoms with Crippen LogP contribution in [0.15, 0.2) is 83.3 Å². The van der Waals surface area contributed by atoms with Gasteiger partial charge in [0, 0.05) is 35.5 Å². The number of piperidine rings is 1. The molecule has 4 heterocycles. The Bertz CT molecular complexity index is 1920. The molecule has 3 atom stereocenters. The van der Waals surface area contributed by atoms with Crippen molar-refractivity contribution in [3.05, 3.63) is 94.5 Å². The third-order valence-corrected chi connectivity index (χ3v) is 9.26. The van der Waals surface area contributed by atoms with Crippen LogP contribution >= 0.6 is 15.9 Å². The fourth-order valence-electron chi connectivity index (χ4n) is 6.08. The van der Waals surface area contributed by atoms with Crippen molar-refractivity contribution in [2.45, 2.75) is 57.4 Å². The molecule has 0 saturated carbocycles. The third-order valence-electron chi connectivity index (χ3n) is 8.77. The molecule has 11 nitrogen and oxygen atoms in total. The van der Waals surface area contributed by atoms with E-state index in [1.807, 2.05) is 77.5 Å². The Morgan fingerprint density at radius 1 is 0.980 bits per heavy atom. The van der Waals surface area contributed by atoms with Crippen LogP contribution in [0.2, 0.25) is 0 Å². The second-order valence-corrected chi connectivity index (χ2v) is 13.1. The van der Waals surface area contributed by atoms with Gasteiger partial charge in [-0.3, -0.25) is 0 Å². The predicted octanol–water partition coefficient (Wildman–Crippen LogP) is 7.67. The van der Waals surface area contributed by atoms with Gasteiger partial charge in [0.05, 0.1) is 19.2 Å². The number of methoxy groups -OCH3 is 1. The predicted molar refractivity (Wildman–Crippen MR) is 187 cm³/mol. The van der Waals surface area contributed by atoms with Gasteiger partial charge in [0.1, 0.15) is 36.5 Å². The number of rotatable bonds is 10. The Hall–Kier alpha value is -4.75. The molecule has 0 spiro atoms. The zero-order chi connectivity index (χ0) is 34.5. The van der Waals surface area contributed by atoms with E-state index in [-0.39, 0.29) is 50.8 Å². The lowest BCUT2D eigenvalue weighted by Crippen LogP contribution is -2.50. The topological polar surface area (TPSA) is 110 Å². The lowest BCUT2D eigenvalue weighted by molar-refractivity contribution is -0.0365. The van der Waals surface area contributed by atoms with Gasteiger partial charge < -0.3 is 28.6 Å². The van der Waals surface area contributed by atoms with E-state index >= 15 is 4.39 Å². The number of ether oxygens (including phenoxy) is 5. The Kier molecular flexibility index (Phi) is 10.4. The first-order valence-corrected chi connectivity index (χ1v) is 17.4. The summed E-state index contributed by atoms with van der Waals surface area (Å²) in [5.74, 6) is 0.952. The molecule has 1 amide bonds. The summed E-state index contributed by atoms with van der Waals surface area (Å²) < 4.78 is 47.4. The number of likely N-dealkylation sites (tertiary alicyclic amines) is 1. The number of hydrogen-bond acceptors (Lipinski definition) is 9. The lowest BCUT2D eigenvalue weighted by atomic mass is 10.1. The minimum atomic E-state index is -1.36. The smallest absolute Gasteiger partial charge is 0.410 e. The van der Waals surface area contributed by atoms with Crippen molar-refractivity contribution in [2.75, 3.05) is 26.8 Å². The van der Waals surface area contributed by atoms with E-state index in [1.165, 1.54) is 4.90 Å². The Labute approximate surface area is 297 Å². The van der Waals surface area contributed by atoms with Gasteiger partial charge in [0.2, 0.25) is 5.88 Å². The molecule has 0 bridgehead atoms. The van der Waals surface area contributed by atoms with Crippen LogP contribution in [0, 0.1) is 0 Å². The zero-order valence-corrected chi connectivity index (χ0v) is 29.1. The van der Waals surface area contributed by atoms with Crippen LogP contribution in [0.3, 0.4) is 0 Å². The van der Waals surface area contributed by atoms with E-state index in [1.54, 1.807) is 13.2 Å². The Balaban J connectivity index is 1.18. The largest absolute Gasteiger partial charge is 0.497 e. The molecule has 0 aliphatic carbocycles. The second kappa shape index (κ2) is 15.4. The third kappa shape index (κ3) is 7.84. The quantitative estimate of drug-likeness (QED) is 0.142. The minimum absolute atomic E-state index is 0.0338. The summed E-state index contributed by atoms with van der Waals surface area (Å²) >= 11 is 3.60. The Morgan fingerprint density at radius 3 is 2.58 bits per heavy atom. The number of benzene rings is 3. The summed E-state index contributed by atoms with van der Waals surface area (Å²) in [4.78, 5) is 23.7. The van der Waals surface area contributed by atoms with Gasteiger partial charge in [-0.2, -0.15) is 15.1 Å². The van der Waals surface area contributed by atoms with E-state index in [4.69, 9.17) is 33.8 Å². The van der Waals surface area contributed by atoms with E-state index in [0.717, 1.165) is 51.5 Å². The highest BCUT2D eigenvalue weighted by atomic mass is 79.9. The maximum atomic E-state index is 15.4. The molecule has 2 saturated heterocycles. The average Bonchev–Trinajstić information content (AvgIpc) is 3.53. The second-order valence-electron chi connectivity index (χ2n) is 12.2. The molecule has 2 fully saturated rings. The molecule has 2 aromatic heterocycles. The summed E-state index contributed by atoms with van der Waals surface area (Å²) in [5.41, 5.74) is 3.64. The van der Waals surface area contributed by atoms with Crippen LogP contribution in [0.4, 0.5) is 9.18 Å². The summed E-state index contributed by atoms with van der Waals surface area (Å²) in [5, 5.41) is 5.84. The number of carbonyl (C=O) groups is 1. The van der Waals surface area contributed by atoms with Crippen molar-refractivity contribution in [1.82, 2.24) is 24.6 Å². The number of nitrogens with zero attached hydrogens (tertiary/aromatic N) is 5. The van der Waals surface area contributed by atoms with Crippen molar-refractivity contribution in [3.8, 4) is 29.0 Å². The first kappa shape index (κ1) is 33.7. The van der Waals surface area contributed by atoms with Crippen molar-refractivity contribution < 1.29 is 32.9 Å². The van der Waals surface area contributed by atoms with E-state index in [0.29, 0.717) is 18.0 Å². The van der Waals surface area contributed by atoms with E-state index in [2.05, 4.69) is 20.9 Å². The van der Waals surface area contributed by atoms with Crippen molar-refractivity contribution in [2.24, 2.45) is 0 Å². The van der Waals surface area contributed by atoms with Gasteiger partial charge >= 0.3 is 12.1 Å². The maximum Gasteiger partial charge on any atom is 0.410 e. The van der Waals surface area contributed by atoms with E-state index < -0.39 is 18.4 Å². The highest BCUT2D eigenvalue weighted by Gasteiger charge is 2.35. The number of amides is 1. The molecule has 2 aliphatic heterocycles. The number of halogens is 2. The van der Waals surface area contributed by atoms with Gasteiger partial charge in [0.25, 0.3) is 0 Å². The number of alkyl halides is 1. The highest BCUT2D eigenvalue weighted by molar-refractivity contribution is 9.10. The number of hydrogen-bond donors (Lipinski definition) is 0. The number of fused-ring (bicyclic) bond motifs is 1. The maximum absolute atomic E-state index is 15.4. The minimum Gasteiger partial charge on any atom is -0.497 e. The Morgan fingerprint density at radius 2 is 1.80 bits per heavy atom. The number of aromatic nitrogens is 4. The monoisotopic (exact) mass is 745 g/mol. The molecule has 0 N–H and O–H groups in total. The zero-order valence-electron chi connectivity index (χ0n) is 27.5. The van der Waals surface area contributed by atoms with Gasteiger partial charge in [0.15, 0.2) is 12.3 Å². The molecular weight excluding hydrogens is 709 g/mol. The molecule has 13 heteroatoms. The van der Waals surface area contributed by atoms with Crippen LogP contribution in [0.25, 0.3) is 22.3 Å². The van der Waals surface area contributed by atoms with Crippen molar-refractivity contribution in [1.29, 1.82) is 0 Å². The SMILES string of the molecule is COc1ccc(COc2cc(-c3nn(C4CCCCO4)c4ccc(Br)cc34)nc(O[C@H]3CN(C(=O)OCc4ccccc4)CC[C@@H]3F)n2)cc1. The van der Waals surface area contributed by atoms with Crippen LogP contribution in [0.5, 0.6) is 17.6 Å². The number of carbonyl (C=O) groups excluding carboxylic acids is 1. The molecule has 3 aromatic carbocycles. The first-order valence-electron chi connectivity index (χ1n) is 16.6. The summed E-state index contributed by atoms with van der Waals surface area (Å²) in [7, 11) is 1.61. The standard InChI is InChI=1S/C37H37BrFN5O6/c1-46-27-13-10-25(11-14-27)22-48-33-20-30(35-28-19-26(38)12-15-31(28)44(42-35)34-9-5-6-18-47-34)40-36(41-33)50-32-21-43(17-16-29(32)39)37(45)49-23-24-7-3-2-4-8-24/h2-4,7-8,10-15,19-20,29,32,34H,5-6,9,16-18,21-23H2,1H3/t29-,32-,34?/m0/s1. The first-order chi connectivity index (χ1) is 24.4. The molecule has 50 heavy (non-hydrogen) atoms. The molecule has 5 aromatic rings. The molecule has 0 radical (unpaired) electrons. The summed E-state index contributed by atoms with van der Waals surface area (Å²) in [6, 6.07) is 24.4. The summed E-state index contributed by atoms with van der Waals surface area (Å²) in [6.07, 6.45) is -0.184. The fraction of sp³-hybridized carbons (Fsp3) is 0.351. The summed E-state index contributed by atoms with van der Waals surface area (Å²) in [6.45, 7) is 1.15. The van der Waals surface area contributed by atoms with Gasteiger partial charge in [-0.05, 0) is 60.7 Å². The molecule has 2 aliphatic rings. The molecular formula is C37H37BrFN5O6. The van der Waals surface area contributed by atoms with Crippen LogP contribution in [-0.2, 0) is 22.7 Å².